The highest BCUT2D eigenvalue weighted by Crippen LogP contribution is 2.19. The molecule has 0 aliphatic heterocycles. The Hall–Kier alpha value is -3.21. The molecule has 21 N–H and O–H groups in total. The van der Waals surface area contributed by atoms with Gasteiger partial charge in [-0.3, -0.25) is 24.0 Å². The van der Waals surface area contributed by atoms with E-state index < -0.39 is 79.9 Å². The lowest BCUT2D eigenvalue weighted by molar-refractivity contribution is -0.149. The molecule has 0 fully saturated rings. The topological polar surface area (TPSA) is 424 Å². The Labute approximate surface area is 657 Å². The summed E-state index contributed by atoms with van der Waals surface area (Å²) in [6, 6.07) is -0.747. The molecule has 0 bridgehead atoms. The smallest absolute Gasteiger partial charge is 0.251 e. The molecule has 0 rings (SSSR count). The van der Waals surface area contributed by atoms with Crippen molar-refractivity contribution in [2.75, 3.05) is 78.7 Å². The lowest BCUT2D eigenvalue weighted by Gasteiger charge is -2.24. The molecule has 1 unspecified atom stereocenters. The lowest BCUT2D eigenvalue weighted by Crippen LogP contribution is -2.52. The Morgan fingerprint density at radius 3 is 0.815 bits per heavy atom. The summed E-state index contributed by atoms with van der Waals surface area (Å²) in [6.45, 7) is 13.5. The third kappa shape index (κ3) is 71.8. The summed E-state index contributed by atoms with van der Waals surface area (Å²) in [5.41, 5.74) is 11.2. The number of nitrogens with one attached hydrogen (secondary N) is 7. The first-order valence-electron chi connectivity index (χ1n) is 44.3. The van der Waals surface area contributed by atoms with Gasteiger partial charge in [0.15, 0.2) is 12.2 Å². The average molecular weight is 1550 g/mol. The zero-order valence-electron chi connectivity index (χ0n) is 69.4. The number of hydrogen-bond acceptors (Lipinski definition) is 19. The van der Waals surface area contributed by atoms with Gasteiger partial charge in [-0.15, -0.1) is 0 Å². The van der Waals surface area contributed by atoms with Crippen LogP contribution in [0.25, 0.3) is 0 Å². The maximum absolute atomic E-state index is 12.5. The van der Waals surface area contributed by atoms with Crippen LogP contribution in [0.5, 0.6) is 0 Å². The van der Waals surface area contributed by atoms with Crippen molar-refractivity contribution in [1.82, 2.24) is 37.2 Å². The summed E-state index contributed by atoms with van der Waals surface area (Å²) in [4.78, 5) is 59.4. The molecule has 0 aromatic rings. The average Bonchev–Trinajstić information content (AvgIpc) is 0.869. The molecule has 0 aromatic heterocycles. The van der Waals surface area contributed by atoms with Gasteiger partial charge in [0.1, 0.15) is 42.7 Å². The van der Waals surface area contributed by atoms with Gasteiger partial charge in [-0.25, -0.2) is 0 Å². The summed E-state index contributed by atoms with van der Waals surface area (Å²) in [7, 11) is 0. The fraction of sp³-hybridized carbons (Fsp3) is 0.940. The minimum Gasteiger partial charge on any atom is -0.394 e. The molecule has 0 aliphatic rings. The molecule has 9 atom stereocenters. The van der Waals surface area contributed by atoms with Crippen LogP contribution in [0.1, 0.15) is 368 Å². The number of carbonyl (C=O) groups is 5. The van der Waals surface area contributed by atoms with Crippen molar-refractivity contribution in [2.24, 2.45) is 17.4 Å². The minimum absolute atomic E-state index is 0.103. The molecule has 0 heterocycles. The Morgan fingerprint density at radius 2 is 0.546 bits per heavy atom. The molecular formula is C84H173N9O15. The van der Waals surface area contributed by atoms with Gasteiger partial charge in [-0.2, -0.15) is 0 Å². The number of hydrogen-bond donors (Lipinski definition) is 19. The molecule has 24 heteroatoms. The molecule has 108 heavy (non-hydrogen) atoms. The summed E-state index contributed by atoms with van der Waals surface area (Å²) in [6.07, 6.45) is 51.3. The number of unbranched alkanes of at least 4 members (excludes halogenated alkanes) is 45. The molecule has 0 saturated heterocycles. The van der Waals surface area contributed by atoms with E-state index in [9.17, 15) is 64.8 Å². The summed E-state index contributed by atoms with van der Waals surface area (Å²) >= 11 is 0. The quantitative estimate of drug-likeness (QED) is 0.0252. The SMILES string of the molecule is CCC(=O)NCC(NC(=O)CC)C(=O)NCCCCCCC(CNCCCCN)CNCCCCN.CCCCCCCCCCCCCCCCCCCCCCCNC(=O)[C@@H](O)[C@H](O)[C@@H](O)[C@H](O)CO.CCCCCCCCCCCCCCCCCCCCCCCNC(=O)[C@H](O)[C@@H](O)[C@H](O)[C@@H](O)CO. The van der Waals surface area contributed by atoms with Crippen LogP contribution in [-0.2, 0) is 24.0 Å². The zero-order chi connectivity index (χ0) is 80.6. The van der Waals surface area contributed by atoms with Gasteiger partial charge in [-0.1, -0.05) is 304 Å². The number of rotatable bonds is 79. The molecule has 24 nitrogen and oxygen atoms in total. The van der Waals surface area contributed by atoms with E-state index in [0.717, 1.165) is 129 Å². The van der Waals surface area contributed by atoms with Crippen molar-refractivity contribution < 1.29 is 75.0 Å². The molecule has 0 aliphatic carbocycles. The van der Waals surface area contributed by atoms with Crippen LogP contribution < -0.4 is 48.7 Å². The molecule has 5 amide bonds. The van der Waals surface area contributed by atoms with E-state index in [0.29, 0.717) is 38.4 Å². The first-order chi connectivity index (χ1) is 52.4. The molecule has 0 saturated carbocycles. The van der Waals surface area contributed by atoms with Gasteiger partial charge < -0.3 is 99.8 Å². The predicted molar refractivity (Wildman–Crippen MR) is 441 cm³/mol. The summed E-state index contributed by atoms with van der Waals surface area (Å²) < 4.78 is 0. The number of nitrogens with two attached hydrogens (primary N) is 2. The molecule has 0 aromatic carbocycles. The van der Waals surface area contributed by atoms with E-state index in [-0.39, 0.29) is 24.3 Å². The predicted octanol–water partition coefficient (Wildman–Crippen LogP) is 10.2. The van der Waals surface area contributed by atoms with Crippen molar-refractivity contribution in [3.63, 3.8) is 0 Å². The third-order valence-corrected chi connectivity index (χ3v) is 20.3. The van der Waals surface area contributed by atoms with E-state index >= 15 is 0 Å². The van der Waals surface area contributed by atoms with E-state index in [4.69, 9.17) is 21.7 Å². The number of aliphatic hydroxyl groups excluding tert-OH is 10. The molecular weight excluding hydrogens is 1370 g/mol. The first-order valence-corrected chi connectivity index (χ1v) is 44.3. The van der Waals surface area contributed by atoms with Crippen LogP contribution in [0.3, 0.4) is 0 Å². The molecule has 0 radical (unpaired) electrons. The van der Waals surface area contributed by atoms with Crippen LogP contribution in [0.2, 0.25) is 0 Å². The Bertz CT molecular complexity index is 1850. The summed E-state index contributed by atoms with van der Waals surface area (Å²) in [5, 5.41) is 115. The van der Waals surface area contributed by atoms with E-state index in [2.05, 4.69) is 51.1 Å². The third-order valence-electron chi connectivity index (χ3n) is 20.3. The van der Waals surface area contributed by atoms with Gasteiger partial charge in [-0.05, 0) is 96.6 Å². The highest BCUT2D eigenvalue weighted by molar-refractivity contribution is 5.88. The highest BCUT2D eigenvalue weighted by Gasteiger charge is 2.35. The van der Waals surface area contributed by atoms with Gasteiger partial charge in [0.05, 0.1) is 13.2 Å². The van der Waals surface area contributed by atoms with Crippen LogP contribution in [0.15, 0.2) is 0 Å². The van der Waals surface area contributed by atoms with Gasteiger partial charge >= 0.3 is 0 Å². The van der Waals surface area contributed by atoms with Crippen LogP contribution in [-0.4, -0.2) is 214 Å². The Morgan fingerprint density at radius 1 is 0.287 bits per heavy atom. The molecule has 644 valence electrons. The Kier molecular flexibility index (Phi) is 85.4. The highest BCUT2D eigenvalue weighted by atomic mass is 16.4. The fourth-order valence-electron chi connectivity index (χ4n) is 12.9. The lowest BCUT2D eigenvalue weighted by atomic mass is 10.00. The van der Waals surface area contributed by atoms with Crippen molar-refractivity contribution in [3.8, 4) is 0 Å². The fourth-order valence-corrected chi connectivity index (χ4v) is 12.9. The van der Waals surface area contributed by atoms with Gasteiger partial charge in [0, 0.05) is 39.0 Å². The zero-order valence-corrected chi connectivity index (χ0v) is 69.4. The monoisotopic (exact) mass is 1550 g/mol. The van der Waals surface area contributed by atoms with Gasteiger partial charge in [0.2, 0.25) is 17.7 Å². The number of amides is 5. The van der Waals surface area contributed by atoms with Crippen molar-refractivity contribution in [1.29, 1.82) is 0 Å². The number of aliphatic hydroxyl groups is 10. The summed E-state index contributed by atoms with van der Waals surface area (Å²) in [5.74, 6) is -1.59. The van der Waals surface area contributed by atoms with Crippen LogP contribution >= 0.6 is 0 Å². The second-order valence-corrected chi connectivity index (χ2v) is 30.5. The van der Waals surface area contributed by atoms with Gasteiger partial charge in [0.25, 0.3) is 11.8 Å². The normalized spacial score (nSPS) is 13.9. The first kappa shape index (κ1) is 109. The van der Waals surface area contributed by atoms with Crippen molar-refractivity contribution >= 4 is 29.5 Å². The maximum Gasteiger partial charge on any atom is 0.251 e. The second-order valence-electron chi connectivity index (χ2n) is 30.5. The van der Waals surface area contributed by atoms with E-state index in [1.807, 2.05) is 0 Å². The van der Waals surface area contributed by atoms with Crippen LogP contribution in [0.4, 0.5) is 0 Å². The maximum atomic E-state index is 12.5. The standard InChI is InChI=1S/2C29H59NO6.C26H55N7O3/c2*1-2-3-4-5-6-7-8-9-10-11-12-13-14-15-16-17-18-19-20-21-22-23-30-29(36)28(35)27(34)26(33)25(32)24-31;1-3-24(34)32-21-23(33-25(35)4-2)26(36)31-18-10-6-5-7-13-22(19-29-16-11-8-14-27)20-30-17-12-9-15-28/h2*25-28,31-35H,2-24H2,1H3,(H,30,36);22-23,29-30H,3-21,27-28H2,1-2H3,(H,31,36)(H,32,34)(H,33,35)/t2*25-,26+,27-,28+;/m10./s1. The van der Waals surface area contributed by atoms with Crippen molar-refractivity contribution in [2.45, 2.75) is 423 Å². The second kappa shape index (κ2) is 84.7. The largest absolute Gasteiger partial charge is 0.394 e. The Balaban J connectivity index is -0.00000153. The van der Waals surface area contributed by atoms with Crippen molar-refractivity contribution in [3.05, 3.63) is 0 Å². The van der Waals surface area contributed by atoms with E-state index in [1.54, 1.807) is 13.8 Å². The number of carbonyl (C=O) groups excluding carboxylic acids is 5. The molecule has 0 spiro atoms. The minimum atomic E-state index is -1.85. The van der Waals surface area contributed by atoms with E-state index in [1.165, 1.54) is 238 Å². The van der Waals surface area contributed by atoms with Crippen LogP contribution in [0, 0.1) is 5.92 Å².